The number of nitro benzene ring substituents is 4. The molecule has 0 amide bonds. The monoisotopic (exact) mass is 672 g/mol. The highest BCUT2D eigenvalue weighted by molar-refractivity contribution is 5.86. The van der Waals surface area contributed by atoms with Crippen LogP contribution in [0.5, 0.6) is 11.5 Å². The van der Waals surface area contributed by atoms with Gasteiger partial charge in [-0.15, -0.1) is 0 Å². The zero-order valence-electron chi connectivity index (χ0n) is 27.7. The van der Waals surface area contributed by atoms with Crippen molar-refractivity contribution in [3.05, 3.63) is 100 Å². The third-order valence-electron chi connectivity index (χ3n) is 7.14. The Hall–Kier alpha value is -5.54. The van der Waals surface area contributed by atoms with Gasteiger partial charge in [0, 0.05) is 35.9 Å². The SMILES string of the molecule is C/C=C/C(=O)Oc1c(C(CC)CCC)cc([N+](=O)[O-])cc1[N+](=O)[O-].C/C=C/C(=O)Oc1c([N+](=O)[O-])cc(C(CC)CCC)cc1[N+](=O)[O-]. The summed E-state index contributed by atoms with van der Waals surface area (Å²) >= 11 is 0. The van der Waals surface area contributed by atoms with Crippen LogP contribution in [0.1, 0.15) is 103 Å². The van der Waals surface area contributed by atoms with Crippen LogP contribution in [0, 0.1) is 40.5 Å². The molecule has 0 aliphatic carbocycles. The Balaban J connectivity index is 0.000000480. The summed E-state index contributed by atoms with van der Waals surface area (Å²) in [4.78, 5) is 65.4. The van der Waals surface area contributed by atoms with E-state index in [2.05, 4.69) is 0 Å². The van der Waals surface area contributed by atoms with E-state index in [-0.39, 0.29) is 17.6 Å². The Morgan fingerprint density at radius 1 is 0.646 bits per heavy atom. The number of hydrogen-bond donors (Lipinski definition) is 0. The fraction of sp³-hybridized carbons (Fsp3) is 0.438. The molecule has 16 heteroatoms. The van der Waals surface area contributed by atoms with Crippen molar-refractivity contribution in [3.63, 3.8) is 0 Å². The first-order valence-electron chi connectivity index (χ1n) is 15.3. The molecule has 2 aromatic carbocycles. The van der Waals surface area contributed by atoms with Crippen LogP contribution in [0.4, 0.5) is 22.7 Å². The smallest absolute Gasteiger partial charge is 0.336 e. The summed E-state index contributed by atoms with van der Waals surface area (Å²) in [6.45, 7) is 10.9. The quantitative estimate of drug-likeness (QED) is 0.0537. The van der Waals surface area contributed by atoms with Crippen LogP contribution in [-0.2, 0) is 9.59 Å². The molecule has 0 heterocycles. The number of ether oxygens (including phenoxy) is 2. The molecule has 0 aromatic heterocycles. The van der Waals surface area contributed by atoms with E-state index in [1.54, 1.807) is 13.8 Å². The highest BCUT2D eigenvalue weighted by atomic mass is 16.6. The Bertz CT molecular complexity index is 1520. The zero-order valence-corrected chi connectivity index (χ0v) is 27.7. The number of hydrogen-bond acceptors (Lipinski definition) is 12. The van der Waals surface area contributed by atoms with Gasteiger partial charge < -0.3 is 9.47 Å². The molecule has 0 aliphatic heterocycles. The normalized spacial score (nSPS) is 12.1. The molecular formula is C32H40N4O12. The maximum absolute atomic E-state index is 11.8. The van der Waals surface area contributed by atoms with E-state index in [4.69, 9.17) is 9.47 Å². The number of nitrogens with zero attached hydrogens (tertiary/aromatic N) is 4. The number of carbonyl (C=O) groups is 2. The average Bonchev–Trinajstić information content (AvgIpc) is 3.02. The summed E-state index contributed by atoms with van der Waals surface area (Å²) in [6.07, 6.45) is 9.36. The molecule has 0 N–H and O–H groups in total. The molecular weight excluding hydrogens is 632 g/mol. The first kappa shape index (κ1) is 40.5. The topological polar surface area (TPSA) is 225 Å². The predicted octanol–water partition coefficient (Wildman–Crippen LogP) is 8.56. The van der Waals surface area contributed by atoms with Gasteiger partial charge in [0.05, 0.1) is 25.8 Å². The van der Waals surface area contributed by atoms with E-state index in [0.29, 0.717) is 30.4 Å². The number of carbonyl (C=O) groups excluding carboxylic acids is 2. The second-order valence-electron chi connectivity index (χ2n) is 10.4. The fourth-order valence-corrected chi connectivity index (χ4v) is 4.93. The van der Waals surface area contributed by atoms with Gasteiger partial charge >= 0.3 is 29.0 Å². The summed E-state index contributed by atoms with van der Waals surface area (Å²) in [6, 6.07) is 4.60. The summed E-state index contributed by atoms with van der Waals surface area (Å²) in [5.41, 5.74) is -1.30. The fourth-order valence-electron chi connectivity index (χ4n) is 4.93. The predicted molar refractivity (Wildman–Crippen MR) is 176 cm³/mol. The van der Waals surface area contributed by atoms with Gasteiger partial charge in [-0.3, -0.25) is 40.5 Å². The lowest BCUT2D eigenvalue weighted by Crippen LogP contribution is -2.11. The number of non-ortho nitro benzene ring substituents is 1. The van der Waals surface area contributed by atoms with Crippen molar-refractivity contribution in [3.8, 4) is 11.5 Å². The van der Waals surface area contributed by atoms with Crippen molar-refractivity contribution in [2.75, 3.05) is 0 Å². The van der Waals surface area contributed by atoms with E-state index in [1.165, 1.54) is 30.4 Å². The Morgan fingerprint density at radius 2 is 1.06 bits per heavy atom. The van der Waals surface area contributed by atoms with Crippen LogP contribution in [0.3, 0.4) is 0 Å². The third kappa shape index (κ3) is 11.4. The van der Waals surface area contributed by atoms with Crippen molar-refractivity contribution in [1.82, 2.24) is 0 Å². The van der Waals surface area contributed by atoms with Gasteiger partial charge in [0.2, 0.25) is 5.75 Å². The molecule has 0 bridgehead atoms. The standard InChI is InChI=1S/2C16H20N2O6/c1-4-7-11(6-3)13-9-12(17(20)21)10-14(18(22)23)16(13)24-15(19)8-5-2;1-4-7-11(6-3)12-9-13(17(20)21)16(14(10-12)18(22)23)24-15(19)8-5-2/h2*5,8-11H,4,6-7H2,1-3H3/b2*8-5+. The van der Waals surface area contributed by atoms with Crippen molar-refractivity contribution in [1.29, 1.82) is 0 Å². The number of nitro groups is 4. The Labute approximate surface area is 277 Å². The van der Waals surface area contributed by atoms with Gasteiger partial charge in [-0.05, 0) is 56.9 Å². The molecule has 0 saturated heterocycles. The minimum Gasteiger partial charge on any atom is -0.416 e. The maximum atomic E-state index is 11.8. The van der Waals surface area contributed by atoms with Crippen molar-refractivity contribution >= 4 is 34.7 Å². The lowest BCUT2D eigenvalue weighted by atomic mass is 9.90. The molecule has 2 aromatic rings. The first-order valence-corrected chi connectivity index (χ1v) is 15.3. The highest BCUT2D eigenvalue weighted by Crippen LogP contribution is 2.43. The molecule has 0 radical (unpaired) electrons. The molecule has 0 spiro atoms. The molecule has 260 valence electrons. The van der Waals surface area contributed by atoms with Crippen molar-refractivity contribution < 1.29 is 38.8 Å². The summed E-state index contributed by atoms with van der Waals surface area (Å²) in [7, 11) is 0. The first-order chi connectivity index (χ1) is 22.7. The molecule has 0 aliphatic rings. The maximum Gasteiger partial charge on any atom is 0.336 e. The average molecular weight is 673 g/mol. The molecule has 2 atom stereocenters. The lowest BCUT2D eigenvalue weighted by Gasteiger charge is -2.17. The van der Waals surface area contributed by atoms with Gasteiger partial charge in [-0.25, -0.2) is 9.59 Å². The van der Waals surface area contributed by atoms with E-state index in [1.807, 2.05) is 27.7 Å². The second-order valence-corrected chi connectivity index (χ2v) is 10.4. The van der Waals surface area contributed by atoms with Gasteiger partial charge in [0.1, 0.15) is 0 Å². The van der Waals surface area contributed by atoms with E-state index in [9.17, 15) is 50.0 Å². The molecule has 0 fully saturated rings. The zero-order chi connectivity index (χ0) is 36.6. The minimum atomic E-state index is -0.906. The molecule has 0 saturated carbocycles. The van der Waals surface area contributed by atoms with Crippen molar-refractivity contribution in [2.45, 2.75) is 91.9 Å². The molecule has 16 nitrogen and oxygen atoms in total. The van der Waals surface area contributed by atoms with E-state index >= 15 is 0 Å². The van der Waals surface area contributed by atoms with Gasteiger partial charge in [-0.2, -0.15) is 0 Å². The number of benzene rings is 2. The molecule has 2 unspecified atom stereocenters. The van der Waals surface area contributed by atoms with Crippen LogP contribution in [0.2, 0.25) is 0 Å². The third-order valence-corrected chi connectivity index (χ3v) is 7.14. The number of esters is 2. The summed E-state index contributed by atoms with van der Waals surface area (Å²) in [5.74, 6) is -2.73. The van der Waals surface area contributed by atoms with Crippen molar-refractivity contribution in [2.24, 2.45) is 0 Å². The number of allylic oxidation sites excluding steroid dienone is 2. The Morgan fingerprint density at radius 3 is 1.44 bits per heavy atom. The van der Waals surface area contributed by atoms with Gasteiger partial charge in [0.25, 0.3) is 11.4 Å². The lowest BCUT2D eigenvalue weighted by molar-refractivity contribution is -0.395. The van der Waals surface area contributed by atoms with Crippen LogP contribution in [0.25, 0.3) is 0 Å². The van der Waals surface area contributed by atoms with E-state index < -0.39 is 60.1 Å². The Kier molecular flexibility index (Phi) is 16.7. The highest BCUT2D eigenvalue weighted by Gasteiger charge is 2.32. The largest absolute Gasteiger partial charge is 0.416 e. The summed E-state index contributed by atoms with van der Waals surface area (Å²) in [5, 5.41) is 45.1. The minimum absolute atomic E-state index is 0.0345. The van der Waals surface area contributed by atoms with Crippen LogP contribution in [-0.4, -0.2) is 31.6 Å². The van der Waals surface area contributed by atoms with Crippen LogP contribution in [0.15, 0.2) is 48.6 Å². The number of rotatable bonds is 16. The van der Waals surface area contributed by atoms with Crippen LogP contribution < -0.4 is 9.47 Å². The van der Waals surface area contributed by atoms with Gasteiger partial charge in [0.15, 0.2) is 0 Å². The second kappa shape index (κ2) is 19.9. The molecule has 2 rings (SSSR count). The van der Waals surface area contributed by atoms with E-state index in [0.717, 1.165) is 37.5 Å². The molecule has 48 heavy (non-hydrogen) atoms. The van der Waals surface area contributed by atoms with Crippen LogP contribution >= 0.6 is 0 Å². The van der Waals surface area contributed by atoms with Gasteiger partial charge in [-0.1, -0.05) is 52.7 Å². The summed E-state index contributed by atoms with van der Waals surface area (Å²) < 4.78 is 10.0.